The predicted octanol–water partition coefficient (Wildman–Crippen LogP) is 6.16. The lowest BCUT2D eigenvalue weighted by Crippen LogP contribution is -2.57. The quantitative estimate of drug-likeness (QED) is 0.375. The van der Waals surface area contributed by atoms with Gasteiger partial charge in [0, 0.05) is 50.8 Å². The van der Waals surface area contributed by atoms with Crippen molar-refractivity contribution in [2.24, 2.45) is 0 Å². The lowest BCUT2D eigenvalue weighted by Gasteiger charge is -2.47. The largest absolute Gasteiger partial charge is 0.389 e. The van der Waals surface area contributed by atoms with Gasteiger partial charge in [0.1, 0.15) is 0 Å². The van der Waals surface area contributed by atoms with Gasteiger partial charge in [0.25, 0.3) is 0 Å². The van der Waals surface area contributed by atoms with E-state index in [9.17, 15) is 9.90 Å². The maximum Gasteiger partial charge on any atom is 0.232 e. The zero-order valence-corrected chi connectivity index (χ0v) is 26.0. The molecular formula is C34H49N3O2S. The van der Waals surface area contributed by atoms with Crippen molar-refractivity contribution in [1.29, 1.82) is 0 Å². The van der Waals surface area contributed by atoms with E-state index in [-0.39, 0.29) is 5.91 Å². The summed E-state index contributed by atoms with van der Waals surface area (Å²) < 4.78 is 0. The zero-order valence-electron chi connectivity index (χ0n) is 25.2. The fourth-order valence-corrected chi connectivity index (χ4v) is 7.01. The van der Waals surface area contributed by atoms with Crippen LogP contribution < -0.4 is 0 Å². The molecule has 2 heterocycles. The normalized spacial score (nSPS) is 21.1. The average Bonchev–Trinajstić information content (AvgIpc) is 2.98. The Morgan fingerprint density at radius 2 is 1.62 bits per heavy atom. The zero-order chi connectivity index (χ0) is 28.6. The number of piperidine rings is 1. The van der Waals surface area contributed by atoms with E-state index in [1.807, 2.05) is 10.3 Å². The minimum Gasteiger partial charge on any atom is -0.389 e. The van der Waals surface area contributed by atoms with Gasteiger partial charge >= 0.3 is 0 Å². The maximum absolute atomic E-state index is 12.6. The molecule has 1 unspecified atom stereocenters. The molecular weight excluding hydrogens is 514 g/mol. The van der Waals surface area contributed by atoms with Crippen LogP contribution in [-0.2, 0) is 17.6 Å². The second-order valence-corrected chi connectivity index (χ2v) is 12.5. The third-order valence-corrected chi connectivity index (χ3v) is 9.56. The fourth-order valence-electron chi connectivity index (χ4n) is 6.25. The number of nitrogens with zero attached hydrogens (tertiary/aromatic N) is 3. The predicted molar refractivity (Wildman–Crippen MR) is 170 cm³/mol. The fraction of sp³-hybridized carbons (Fsp3) is 0.559. The minimum absolute atomic E-state index is 0.209. The number of carbonyl (C=O) groups is 1. The number of aliphatic hydroxyl groups excluding tert-OH is 1. The third-order valence-electron chi connectivity index (χ3n) is 8.80. The SMILES string of the molecule is CCc1cc(CC)cc(-c2ccc([C@H](C)N3CCN(C4CCN(C(=O)CS/C=C\C(C)O)CC4)C[C@H]3C)cc2)c1. The van der Waals surface area contributed by atoms with Crippen LogP contribution in [0.15, 0.2) is 53.9 Å². The van der Waals surface area contributed by atoms with Crippen molar-refractivity contribution >= 4 is 17.7 Å². The Balaban J connectivity index is 1.28. The number of likely N-dealkylation sites (tertiary alicyclic amines) is 1. The molecule has 0 saturated carbocycles. The molecule has 2 aliphatic rings. The minimum atomic E-state index is -0.465. The number of rotatable bonds is 10. The van der Waals surface area contributed by atoms with Crippen LogP contribution in [0.2, 0.25) is 0 Å². The van der Waals surface area contributed by atoms with Crippen LogP contribution in [-0.4, -0.2) is 82.4 Å². The summed E-state index contributed by atoms with van der Waals surface area (Å²) in [6, 6.07) is 17.7. The van der Waals surface area contributed by atoms with E-state index in [0.717, 1.165) is 58.4 Å². The maximum atomic E-state index is 12.6. The van der Waals surface area contributed by atoms with E-state index in [1.54, 1.807) is 13.0 Å². The molecule has 218 valence electrons. The smallest absolute Gasteiger partial charge is 0.232 e. The Labute approximate surface area is 246 Å². The highest BCUT2D eigenvalue weighted by Gasteiger charge is 2.33. The van der Waals surface area contributed by atoms with Gasteiger partial charge in [0.2, 0.25) is 5.91 Å². The van der Waals surface area contributed by atoms with Gasteiger partial charge < -0.3 is 10.0 Å². The van der Waals surface area contributed by atoms with Crippen LogP contribution in [0.3, 0.4) is 0 Å². The molecule has 40 heavy (non-hydrogen) atoms. The third kappa shape index (κ3) is 8.00. The first-order valence-electron chi connectivity index (χ1n) is 15.3. The van der Waals surface area contributed by atoms with Crippen molar-refractivity contribution in [3.05, 3.63) is 70.6 Å². The molecule has 4 rings (SSSR count). The molecule has 2 fully saturated rings. The monoisotopic (exact) mass is 563 g/mol. The van der Waals surface area contributed by atoms with Crippen LogP contribution in [0, 0.1) is 0 Å². The van der Waals surface area contributed by atoms with Crippen molar-refractivity contribution < 1.29 is 9.90 Å². The molecule has 5 nitrogen and oxygen atoms in total. The van der Waals surface area contributed by atoms with Gasteiger partial charge in [-0.2, -0.15) is 0 Å². The van der Waals surface area contributed by atoms with Crippen molar-refractivity contribution in [3.63, 3.8) is 0 Å². The number of aryl methyl sites for hydroxylation is 2. The molecule has 2 aromatic rings. The van der Waals surface area contributed by atoms with E-state index in [2.05, 4.69) is 80.0 Å². The highest BCUT2D eigenvalue weighted by molar-refractivity contribution is 8.02. The number of aliphatic hydroxyl groups is 1. The summed E-state index contributed by atoms with van der Waals surface area (Å²) in [5.41, 5.74) is 6.85. The van der Waals surface area contributed by atoms with Crippen LogP contribution in [0.5, 0.6) is 0 Å². The van der Waals surface area contributed by atoms with E-state index >= 15 is 0 Å². The number of piperazine rings is 1. The first-order chi connectivity index (χ1) is 19.3. The Bertz CT molecular complexity index is 1100. The number of thioether (sulfide) groups is 1. The summed E-state index contributed by atoms with van der Waals surface area (Å²) in [6.07, 6.45) is 5.51. The molecule has 2 aromatic carbocycles. The summed E-state index contributed by atoms with van der Waals surface area (Å²) in [6.45, 7) is 15.9. The van der Waals surface area contributed by atoms with Gasteiger partial charge in [-0.05, 0) is 79.7 Å². The molecule has 1 N–H and O–H groups in total. The lowest BCUT2D eigenvalue weighted by molar-refractivity contribution is -0.130. The molecule has 2 aliphatic heterocycles. The van der Waals surface area contributed by atoms with Gasteiger partial charge in [0.05, 0.1) is 11.9 Å². The molecule has 2 saturated heterocycles. The van der Waals surface area contributed by atoms with Crippen molar-refractivity contribution in [1.82, 2.24) is 14.7 Å². The summed E-state index contributed by atoms with van der Waals surface area (Å²) in [4.78, 5) is 19.9. The molecule has 1 amide bonds. The van der Waals surface area contributed by atoms with Crippen molar-refractivity contribution in [3.8, 4) is 11.1 Å². The first kappa shape index (κ1) is 30.8. The standard InChI is InChI=1S/C34H49N3O2S/c1-6-28-20-29(7-2)22-32(21-28)31-10-8-30(9-11-31)27(5)37-18-17-36(23-25(37)3)33-12-15-35(16-13-33)34(39)24-40-19-14-26(4)38/h8-11,14,19-22,25-27,33,38H,6-7,12-13,15-18,23-24H2,1-5H3/b19-14-/t25-,26?,27+/m1/s1. The van der Waals surface area contributed by atoms with Crippen LogP contribution in [0.4, 0.5) is 0 Å². The molecule has 0 aliphatic carbocycles. The summed E-state index contributed by atoms with van der Waals surface area (Å²) in [5.74, 6) is 0.661. The van der Waals surface area contributed by atoms with Gasteiger partial charge in [-0.1, -0.05) is 62.4 Å². The van der Waals surface area contributed by atoms with E-state index in [4.69, 9.17) is 0 Å². The number of carbonyl (C=O) groups excluding carboxylic acids is 1. The number of hydrogen-bond donors (Lipinski definition) is 1. The highest BCUT2D eigenvalue weighted by atomic mass is 32.2. The van der Waals surface area contributed by atoms with Gasteiger partial charge in [-0.3, -0.25) is 14.6 Å². The highest BCUT2D eigenvalue weighted by Crippen LogP contribution is 2.30. The van der Waals surface area contributed by atoms with Gasteiger partial charge in [-0.25, -0.2) is 0 Å². The Kier molecular flexibility index (Phi) is 11.3. The molecule has 0 spiro atoms. The Hall–Kier alpha value is -2.12. The topological polar surface area (TPSA) is 47.0 Å². The molecule has 0 bridgehead atoms. The Morgan fingerprint density at radius 3 is 2.20 bits per heavy atom. The summed E-state index contributed by atoms with van der Waals surface area (Å²) in [7, 11) is 0. The summed E-state index contributed by atoms with van der Waals surface area (Å²) >= 11 is 1.47. The molecule has 3 atom stereocenters. The molecule has 0 aromatic heterocycles. The van der Waals surface area contributed by atoms with E-state index in [0.29, 0.717) is 23.9 Å². The summed E-state index contributed by atoms with van der Waals surface area (Å²) in [5, 5.41) is 11.2. The number of benzene rings is 2. The number of amides is 1. The lowest BCUT2D eigenvalue weighted by atomic mass is 9.95. The first-order valence-corrected chi connectivity index (χ1v) is 16.3. The van der Waals surface area contributed by atoms with Crippen LogP contribution in [0.25, 0.3) is 11.1 Å². The second kappa shape index (κ2) is 14.7. The Morgan fingerprint density at radius 1 is 0.975 bits per heavy atom. The molecule has 6 heteroatoms. The van der Waals surface area contributed by atoms with Crippen molar-refractivity contribution in [2.75, 3.05) is 38.5 Å². The van der Waals surface area contributed by atoms with Crippen LogP contribution in [0.1, 0.15) is 70.2 Å². The second-order valence-electron chi connectivity index (χ2n) is 11.6. The van der Waals surface area contributed by atoms with Crippen LogP contribution >= 0.6 is 11.8 Å². The van der Waals surface area contributed by atoms with E-state index in [1.165, 1.54) is 39.6 Å². The van der Waals surface area contributed by atoms with E-state index < -0.39 is 6.10 Å². The number of hydrogen-bond acceptors (Lipinski definition) is 5. The van der Waals surface area contributed by atoms with Crippen molar-refractivity contribution in [2.45, 2.75) is 84.5 Å². The van der Waals surface area contributed by atoms with Gasteiger partial charge in [0.15, 0.2) is 0 Å². The average molecular weight is 564 g/mol. The van der Waals surface area contributed by atoms with Gasteiger partial charge in [-0.15, -0.1) is 11.8 Å². The molecule has 0 radical (unpaired) electrons.